The van der Waals surface area contributed by atoms with Gasteiger partial charge in [-0.2, -0.15) is 5.10 Å². The molecule has 3 rings (SSSR count). The number of ether oxygens (including phenoxy) is 1. The van der Waals surface area contributed by atoms with Crippen LogP contribution in [0.15, 0.2) is 36.7 Å². The van der Waals surface area contributed by atoms with Crippen molar-refractivity contribution in [3.8, 4) is 5.75 Å². The average Bonchev–Trinajstić information content (AvgIpc) is 3.13. The Morgan fingerprint density at radius 1 is 1.39 bits per heavy atom. The van der Waals surface area contributed by atoms with Crippen LogP contribution in [-0.4, -0.2) is 35.2 Å². The van der Waals surface area contributed by atoms with Gasteiger partial charge in [0.2, 0.25) is 11.8 Å². The van der Waals surface area contributed by atoms with E-state index in [1.165, 1.54) is 0 Å². The lowest BCUT2D eigenvalue weighted by molar-refractivity contribution is -0.122. The lowest BCUT2D eigenvalue weighted by Crippen LogP contribution is -2.28. The zero-order valence-corrected chi connectivity index (χ0v) is 13.0. The minimum absolute atomic E-state index is 0.0826. The third-order valence-electron chi connectivity index (χ3n) is 3.84. The zero-order valence-electron chi connectivity index (χ0n) is 13.0. The van der Waals surface area contributed by atoms with Gasteiger partial charge in [0.1, 0.15) is 5.75 Å². The Morgan fingerprint density at radius 2 is 2.17 bits per heavy atom. The third-order valence-corrected chi connectivity index (χ3v) is 3.84. The van der Waals surface area contributed by atoms with Gasteiger partial charge in [-0.25, -0.2) is 0 Å². The van der Waals surface area contributed by atoms with E-state index in [1.54, 1.807) is 42.2 Å². The number of aryl methyl sites for hydroxylation is 1. The van der Waals surface area contributed by atoms with Crippen molar-refractivity contribution in [2.24, 2.45) is 13.0 Å². The molecule has 2 aromatic rings. The van der Waals surface area contributed by atoms with Gasteiger partial charge in [-0.3, -0.25) is 14.3 Å². The molecule has 2 amide bonds. The molecule has 1 aliphatic rings. The first-order valence-electron chi connectivity index (χ1n) is 7.31. The Kier molecular flexibility index (Phi) is 4.01. The van der Waals surface area contributed by atoms with Gasteiger partial charge in [-0.1, -0.05) is 12.1 Å². The second kappa shape index (κ2) is 6.12. The van der Waals surface area contributed by atoms with E-state index in [-0.39, 0.29) is 18.2 Å². The Bertz CT molecular complexity index is 740. The van der Waals surface area contributed by atoms with Gasteiger partial charge in [0, 0.05) is 26.2 Å². The first kappa shape index (κ1) is 15.1. The third kappa shape index (κ3) is 3.03. The lowest BCUT2D eigenvalue weighted by atomic mass is 10.1. The molecule has 0 aliphatic carbocycles. The summed E-state index contributed by atoms with van der Waals surface area (Å²) in [6.45, 7) is 0.339. The van der Waals surface area contributed by atoms with Crippen LogP contribution in [0, 0.1) is 5.92 Å². The molecule has 120 valence electrons. The molecule has 1 saturated heterocycles. The van der Waals surface area contributed by atoms with Crippen LogP contribution in [0.25, 0.3) is 0 Å². The highest BCUT2D eigenvalue weighted by atomic mass is 16.5. The lowest BCUT2D eigenvalue weighted by Gasteiger charge is -2.19. The Hall–Kier alpha value is -2.83. The number of amides is 2. The van der Waals surface area contributed by atoms with E-state index in [2.05, 4.69) is 10.4 Å². The van der Waals surface area contributed by atoms with Crippen LogP contribution in [0.3, 0.4) is 0 Å². The number of nitrogens with zero attached hydrogens (tertiary/aromatic N) is 3. The van der Waals surface area contributed by atoms with Crippen LogP contribution >= 0.6 is 0 Å². The minimum Gasteiger partial charge on any atom is -0.495 e. The monoisotopic (exact) mass is 314 g/mol. The van der Waals surface area contributed by atoms with Crippen molar-refractivity contribution in [1.82, 2.24) is 9.78 Å². The van der Waals surface area contributed by atoms with Crippen LogP contribution < -0.4 is 15.0 Å². The molecule has 1 aromatic carbocycles. The van der Waals surface area contributed by atoms with Gasteiger partial charge < -0.3 is 15.0 Å². The van der Waals surface area contributed by atoms with Crippen molar-refractivity contribution in [3.63, 3.8) is 0 Å². The van der Waals surface area contributed by atoms with Gasteiger partial charge >= 0.3 is 0 Å². The largest absolute Gasteiger partial charge is 0.495 e. The molecule has 7 nitrogen and oxygen atoms in total. The maximum Gasteiger partial charge on any atom is 0.229 e. The molecule has 0 spiro atoms. The molecule has 1 aromatic heterocycles. The minimum atomic E-state index is -0.396. The standard InChI is InChI=1S/C16H18N4O3/c1-19-10-12(8-17-19)18-16(22)11-7-15(21)20(9-11)13-5-3-4-6-14(13)23-2/h3-6,8,10-11H,7,9H2,1-2H3,(H,18,22)/t11-/m0/s1. The van der Waals surface area contributed by atoms with Crippen LogP contribution in [0.5, 0.6) is 5.75 Å². The van der Waals surface area contributed by atoms with Crippen LogP contribution in [-0.2, 0) is 16.6 Å². The van der Waals surface area contributed by atoms with Crippen molar-refractivity contribution in [3.05, 3.63) is 36.7 Å². The van der Waals surface area contributed by atoms with Gasteiger partial charge in [-0.15, -0.1) is 0 Å². The molecule has 0 unspecified atom stereocenters. The maximum atomic E-state index is 12.3. The summed E-state index contributed by atoms with van der Waals surface area (Å²) in [5, 5.41) is 6.80. The highest BCUT2D eigenvalue weighted by molar-refractivity contribution is 6.04. The molecule has 7 heteroatoms. The van der Waals surface area contributed by atoms with E-state index in [0.29, 0.717) is 23.7 Å². The van der Waals surface area contributed by atoms with E-state index in [1.807, 2.05) is 18.2 Å². The summed E-state index contributed by atoms with van der Waals surface area (Å²) < 4.78 is 6.90. The fourth-order valence-corrected chi connectivity index (χ4v) is 2.70. The molecule has 0 saturated carbocycles. The smallest absolute Gasteiger partial charge is 0.229 e. The second-order valence-corrected chi connectivity index (χ2v) is 5.47. The van der Waals surface area contributed by atoms with Crippen molar-refractivity contribution in [2.75, 3.05) is 23.9 Å². The summed E-state index contributed by atoms with van der Waals surface area (Å²) in [5.74, 6) is -0.0358. The number of hydrogen-bond acceptors (Lipinski definition) is 4. The first-order valence-corrected chi connectivity index (χ1v) is 7.31. The van der Waals surface area contributed by atoms with E-state index in [4.69, 9.17) is 4.74 Å². The quantitative estimate of drug-likeness (QED) is 0.926. The van der Waals surface area contributed by atoms with E-state index in [9.17, 15) is 9.59 Å². The van der Waals surface area contributed by atoms with Crippen LogP contribution in [0.2, 0.25) is 0 Å². The van der Waals surface area contributed by atoms with Gasteiger partial charge in [-0.05, 0) is 12.1 Å². The highest BCUT2D eigenvalue weighted by Gasteiger charge is 2.36. The molecule has 1 N–H and O–H groups in total. The van der Waals surface area contributed by atoms with Crippen LogP contribution in [0.4, 0.5) is 11.4 Å². The van der Waals surface area contributed by atoms with Crippen molar-refractivity contribution >= 4 is 23.2 Å². The van der Waals surface area contributed by atoms with E-state index in [0.717, 1.165) is 0 Å². The summed E-state index contributed by atoms with van der Waals surface area (Å²) in [5.41, 5.74) is 1.32. The predicted molar refractivity (Wildman–Crippen MR) is 85.3 cm³/mol. The topological polar surface area (TPSA) is 76.5 Å². The molecule has 1 atom stereocenters. The van der Waals surface area contributed by atoms with Crippen LogP contribution in [0.1, 0.15) is 6.42 Å². The van der Waals surface area contributed by atoms with Gasteiger partial charge in [0.25, 0.3) is 0 Å². The predicted octanol–water partition coefficient (Wildman–Crippen LogP) is 1.42. The fourth-order valence-electron chi connectivity index (χ4n) is 2.70. The highest BCUT2D eigenvalue weighted by Crippen LogP contribution is 2.33. The first-order chi connectivity index (χ1) is 11.1. The summed E-state index contributed by atoms with van der Waals surface area (Å²) >= 11 is 0. The number of benzene rings is 1. The summed E-state index contributed by atoms with van der Waals surface area (Å²) in [6.07, 6.45) is 3.48. The number of hydrogen-bond donors (Lipinski definition) is 1. The Morgan fingerprint density at radius 3 is 2.87 bits per heavy atom. The van der Waals surface area contributed by atoms with Crippen molar-refractivity contribution in [1.29, 1.82) is 0 Å². The zero-order chi connectivity index (χ0) is 16.4. The van der Waals surface area contributed by atoms with Gasteiger partial charge in [0.05, 0.1) is 30.6 Å². The van der Waals surface area contributed by atoms with E-state index >= 15 is 0 Å². The van der Waals surface area contributed by atoms with Gasteiger partial charge in [0.15, 0.2) is 0 Å². The van der Waals surface area contributed by atoms with Crippen molar-refractivity contribution in [2.45, 2.75) is 6.42 Å². The molecule has 2 heterocycles. The molecule has 0 radical (unpaired) electrons. The molecule has 0 bridgehead atoms. The summed E-state index contributed by atoms with van der Waals surface area (Å²) in [7, 11) is 3.34. The number of rotatable bonds is 4. The summed E-state index contributed by atoms with van der Waals surface area (Å²) in [4.78, 5) is 26.2. The Balaban J connectivity index is 1.73. The molecule has 23 heavy (non-hydrogen) atoms. The molecule has 1 aliphatic heterocycles. The summed E-state index contributed by atoms with van der Waals surface area (Å²) in [6, 6.07) is 7.30. The number of para-hydroxylation sites is 2. The van der Waals surface area contributed by atoms with E-state index < -0.39 is 5.92 Å². The second-order valence-electron chi connectivity index (χ2n) is 5.47. The molecular weight excluding hydrogens is 296 g/mol. The SMILES string of the molecule is COc1ccccc1N1C[C@@H](C(=O)Nc2cnn(C)c2)CC1=O. The number of aromatic nitrogens is 2. The number of methoxy groups -OCH3 is 1. The average molecular weight is 314 g/mol. The maximum absolute atomic E-state index is 12.3. The fraction of sp³-hybridized carbons (Fsp3) is 0.312. The normalized spacial score (nSPS) is 17.4. The Labute approximate surface area is 133 Å². The number of carbonyl (C=O) groups is 2. The molecular formula is C16H18N4O3. The molecule has 1 fully saturated rings. The number of nitrogens with one attached hydrogen (secondary N) is 1. The van der Waals surface area contributed by atoms with Crippen molar-refractivity contribution < 1.29 is 14.3 Å². The number of anilines is 2. The number of carbonyl (C=O) groups excluding carboxylic acids is 2.